The Bertz CT molecular complexity index is 655. The van der Waals surface area contributed by atoms with Gasteiger partial charge in [0.2, 0.25) is 0 Å². The van der Waals surface area contributed by atoms with Crippen molar-refractivity contribution in [3.05, 3.63) is 30.1 Å². The molecule has 7 heteroatoms. The Morgan fingerprint density at radius 1 is 1.35 bits per heavy atom. The van der Waals surface area contributed by atoms with Crippen molar-refractivity contribution in [2.24, 2.45) is 5.73 Å². The van der Waals surface area contributed by atoms with Gasteiger partial charge in [-0.25, -0.2) is 4.68 Å². The zero-order valence-corrected chi connectivity index (χ0v) is 10.9. The highest BCUT2D eigenvalue weighted by atomic mass is 15.4. The van der Waals surface area contributed by atoms with E-state index in [4.69, 9.17) is 11.5 Å². The molecule has 7 nitrogen and oxygen atoms in total. The van der Waals surface area contributed by atoms with Gasteiger partial charge in [-0.3, -0.25) is 4.98 Å². The van der Waals surface area contributed by atoms with Gasteiger partial charge in [0.05, 0.1) is 5.69 Å². The molecule has 3 heterocycles. The van der Waals surface area contributed by atoms with Crippen LogP contribution in [0, 0.1) is 11.3 Å². The number of pyridine rings is 1. The maximum absolute atomic E-state index is 9.33. The summed E-state index contributed by atoms with van der Waals surface area (Å²) in [5.74, 6) is 0.948. The number of nitrogens with zero attached hydrogens (tertiary/aromatic N) is 5. The summed E-state index contributed by atoms with van der Waals surface area (Å²) in [6.07, 6.45) is 4.22. The van der Waals surface area contributed by atoms with Crippen LogP contribution in [0.2, 0.25) is 0 Å². The van der Waals surface area contributed by atoms with Crippen LogP contribution in [0.25, 0.3) is 5.69 Å². The van der Waals surface area contributed by atoms with E-state index in [9.17, 15) is 5.26 Å². The summed E-state index contributed by atoms with van der Waals surface area (Å²) in [6, 6.07) is 5.85. The van der Waals surface area contributed by atoms with Crippen LogP contribution in [-0.2, 0) is 0 Å². The predicted molar refractivity (Wildman–Crippen MR) is 75.3 cm³/mol. The zero-order valence-electron chi connectivity index (χ0n) is 10.9. The Morgan fingerprint density at radius 3 is 2.70 bits per heavy atom. The number of hydrogen-bond donors (Lipinski definition) is 2. The number of hydrogen-bond acceptors (Lipinski definition) is 6. The molecule has 0 aromatic carbocycles. The van der Waals surface area contributed by atoms with Crippen LogP contribution in [0.5, 0.6) is 0 Å². The van der Waals surface area contributed by atoms with Crippen LogP contribution in [-0.4, -0.2) is 33.9 Å². The van der Waals surface area contributed by atoms with E-state index in [1.165, 1.54) is 0 Å². The molecule has 0 bridgehead atoms. The van der Waals surface area contributed by atoms with Crippen LogP contribution in [0.1, 0.15) is 12.0 Å². The summed E-state index contributed by atoms with van der Waals surface area (Å²) in [5, 5.41) is 13.8. The molecule has 0 radical (unpaired) electrons. The lowest BCUT2D eigenvalue weighted by molar-refractivity contribution is 0.750. The smallest absolute Gasteiger partial charge is 0.171 e. The van der Waals surface area contributed by atoms with Gasteiger partial charge in [-0.15, -0.1) is 5.10 Å². The molecule has 1 unspecified atom stereocenters. The van der Waals surface area contributed by atoms with E-state index >= 15 is 0 Å². The molecule has 4 N–H and O–H groups in total. The molecule has 0 amide bonds. The maximum Gasteiger partial charge on any atom is 0.171 e. The van der Waals surface area contributed by atoms with Crippen molar-refractivity contribution in [1.82, 2.24) is 14.8 Å². The van der Waals surface area contributed by atoms with E-state index in [1.807, 2.05) is 4.90 Å². The quantitative estimate of drug-likeness (QED) is 0.809. The summed E-state index contributed by atoms with van der Waals surface area (Å²) in [4.78, 5) is 5.97. The summed E-state index contributed by atoms with van der Waals surface area (Å²) in [6.45, 7) is 1.49. The largest absolute Gasteiger partial charge is 0.382 e. The van der Waals surface area contributed by atoms with Crippen molar-refractivity contribution in [2.75, 3.05) is 23.7 Å². The van der Waals surface area contributed by atoms with Gasteiger partial charge in [0.25, 0.3) is 0 Å². The van der Waals surface area contributed by atoms with E-state index in [-0.39, 0.29) is 6.04 Å². The second-order valence-electron chi connectivity index (χ2n) is 4.81. The predicted octanol–water partition coefficient (Wildman–Crippen LogP) is 0.259. The van der Waals surface area contributed by atoms with Gasteiger partial charge in [-0.1, -0.05) is 0 Å². The van der Waals surface area contributed by atoms with E-state index in [0.29, 0.717) is 23.7 Å². The first-order chi connectivity index (χ1) is 9.70. The molecule has 1 aliphatic rings. The van der Waals surface area contributed by atoms with Gasteiger partial charge in [-0.05, 0) is 18.6 Å². The first-order valence-electron chi connectivity index (χ1n) is 6.40. The molecular formula is C13H15N7. The lowest BCUT2D eigenvalue weighted by atomic mass is 10.3. The molecule has 1 saturated heterocycles. The molecule has 1 aliphatic heterocycles. The van der Waals surface area contributed by atoms with Crippen LogP contribution in [0.15, 0.2) is 24.5 Å². The third-order valence-electron chi connectivity index (χ3n) is 3.45. The molecule has 0 spiro atoms. The zero-order chi connectivity index (χ0) is 14.1. The Labute approximate surface area is 116 Å². The van der Waals surface area contributed by atoms with Crippen molar-refractivity contribution in [3.8, 4) is 11.8 Å². The Hall–Kier alpha value is -2.59. The Kier molecular flexibility index (Phi) is 3.00. The molecule has 102 valence electrons. The first-order valence-corrected chi connectivity index (χ1v) is 6.40. The van der Waals surface area contributed by atoms with Gasteiger partial charge in [-0.2, -0.15) is 5.26 Å². The number of nitrogens with two attached hydrogens (primary N) is 2. The lowest BCUT2D eigenvalue weighted by Crippen LogP contribution is -2.27. The van der Waals surface area contributed by atoms with Crippen LogP contribution in [0.4, 0.5) is 11.6 Å². The molecule has 2 aromatic rings. The van der Waals surface area contributed by atoms with Crippen molar-refractivity contribution >= 4 is 11.6 Å². The fourth-order valence-electron chi connectivity index (χ4n) is 2.41. The molecule has 1 fully saturated rings. The van der Waals surface area contributed by atoms with Crippen molar-refractivity contribution in [1.29, 1.82) is 5.26 Å². The number of nitrogen functional groups attached to an aromatic ring is 1. The number of nitriles is 1. The topological polar surface area (TPSA) is 110 Å². The van der Waals surface area contributed by atoms with Gasteiger partial charge < -0.3 is 16.4 Å². The third kappa shape index (κ3) is 1.96. The van der Waals surface area contributed by atoms with E-state index in [2.05, 4.69) is 16.2 Å². The molecule has 2 aromatic heterocycles. The van der Waals surface area contributed by atoms with E-state index in [1.54, 1.807) is 29.2 Å². The number of anilines is 2. The highest BCUT2D eigenvalue weighted by Crippen LogP contribution is 2.28. The number of rotatable bonds is 2. The van der Waals surface area contributed by atoms with E-state index in [0.717, 1.165) is 18.7 Å². The van der Waals surface area contributed by atoms with Crippen LogP contribution >= 0.6 is 0 Å². The third-order valence-corrected chi connectivity index (χ3v) is 3.45. The summed E-state index contributed by atoms with van der Waals surface area (Å²) >= 11 is 0. The molecule has 1 atom stereocenters. The van der Waals surface area contributed by atoms with Crippen molar-refractivity contribution in [3.63, 3.8) is 0 Å². The Morgan fingerprint density at radius 2 is 2.10 bits per heavy atom. The minimum Gasteiger partial charge on any atom is -0.382 e. The highest BCUT2D eigenvalue weighted by Gasteiger charge is 2.26. The van der Waals surface area contributed by atoms with Gasteiger partial charge in [0, 0.05) is 31.5 Å². The van der Waals surface area contributed by atoms with Crippen LogP contribution < -0.4 is 16.4 Å². The highest BCUT2D eigenvalue weighted by molar-refractivity contribution is 5.67. The van der Waals surface area contributed by atoms with E-state index < -0.39 is 0 Å². The van der Waals surface area contributed by atoms with Gasteiger partial charge >= 0.3 is 0 Å². The average Bonchev–Trinajstić information content (AvgIpc) is 3.03. The standard InChI is InChI=1S/C13H15N7/c14-7-11-12(16)20(10-1-4-17-5-2-10)18-13(11)19-6-3-9(15)8-19/h1-2,4-5,9H,3,6,8,15-16H2. The number of aromatic nitrogens is 3. The van der Waals surface area contributed by atoms with Crippen molar-refractivity contribution in [2.45, 2.75) is 12.5 Å². The molecular weight excluding hydrogens is 254 g/mol. The maximum atomic E-state index is 9.33. The summed E-state index contributed by atoms with van der Waals surface area (Å²) in [5.41, 5.74) is 13.1. The molecule has 0 aliphatic carbocycles. The normalized spacial score (nSPS) is 18.2. The SMILES string of the molecule is N#Cc1c(N2CCC(N)C2)nn(-c2ccncc2)c1N. The van der Waals surface area contributed by atoms with Gasteiger partial charge in [0.15, 0.2) is 5.82 Å². The fraction of sp³-hybridized carbons (Fsp3) is 0.308. The monoisotopic (exact) mass is 269 g/mol. The second-order valence-corrected chi connectivity index (χ2v) is 4.81. The summed E-state index contributed by atoms with van der Waals surface area (Å²) in [7, 11) is 0. The van der Waals surface area contributed by atoms with Crippen LogP contribution in [0.3, 0.4) is 0 Å². The molecule has 3 rings (SSSR count). The Balaban J connectivity index is 2.06. The average molecular weight is 269 g/mol. The van der Waals surface area contributed by atoms with Crippen molar-refractivity contribution < 1.29 is 0 Å². The second kappa shape index (κ2) is 4.83. The minimum absolute atomic E-state index is 0.119. The summed E-state index contributed by atoms with van der Waals surface area (Å²) < 4.78 is 1.57. The molecule has 0 saturated carbocycles. The molecule has 20 heavy (non-hydrogen) atoms. The minimum atomic E-state index is 0.119. The first kappa shape index (κ1) is 12.4. The lowest BCUT2D eigenvalue weighted by Gasteiger charge is -2.14. The van der Waals surface area contributed by atoms with Gasteiger partial charge in [0.1, 0.15) is 17.5 Å². The fourth-order valence-corrected chi connectivity index (χ4v) is 2.41.